The molecule has 2 aliphatic rings. The molecule has 3 nitrogen and oxygen atoms in total. The van der Waals surface area contributed by atoms with Crippen LogP contribution in [-0.2, 0) is 4.79 Å². The van der Waals surface area contributed by atoms with Crippen molar-refractivity contribution in [3.63, 3.8) is 0 Å². The van der Waals surface area contributed by atoms with Gasteiger partial charge in [0.05, 0.1) is 5.92 Å². The van der Waals surface area contributed by atoms with E-state index in [1.807, 2.05) is 0 Å². The van der Waals surface area contributed by atoms with Crippen LogP contribution in [0.5, 0.6) is 0 Å². The molecule has 2 fully saturated rings. The minimum atomic E-state index is 0.254. The molecule has 0 aromatic carbocycles. The van der Waals surface area contributed by atoms with E-state index < -0.39 is 0 Å². The Labute approximate surface area is 85.8 Å². The minimum absolute atomic E-state index is 0.254. The average Bonchev–Trinajstić information content (AvgIpc) is 2.65. The zero-order valence-corrected chi connectivity index (χ0v) is 8.96. The van der Waals surface area contributed by atoms with Crippen molar-refractivity contribution in [3.05, 3.63) is 0 Å². The first-order valence-corrected chi connectivity index (χ1v) is 5.80. The molecular weight excluding hydrogens is 176 g/mol. The minimum Gasteiger partial charge on any atom is -0.340 e. The highest BCUT2D eigenvalue weighted by molar-refractivity contribution is 5.79. The first-order chi connectivity index (χ1) is 6.79. The maximum absolute atomic E-state index is 12.1. The van der Waals surface area contributed by atoms with Gasteiger partial charge in [0.1, 0.15) is 0 Å². The van der Waals surface area contributed by atoms with Crippen molar-refractivity contribution >= 4 is 5.91 Å². The summed E-state index contributed by atoms with van der Waals surface area (Å²) in [6, 6.07) is 0.476. The van der Waals surface area contributed by atoms with Crippen LogP contribution >= 0.6 is 0 Å². The van der Waals surface area contributed by atoms with Crippen LogP contribution in [0.15, 0.2) is 0 Å². The lowest BCUT2D eigenvalue weighted by atomic mass is 9.98. The second kappa shape index (κ2) is 4.30. The topological polar surface area (TPSA) is 32.3 Å². The number of likely N-dealkylation sites (tertiary alicyclic amines) is 1. The van der Waals surface area contributed by atoms with Crippen LogP contribution in [0.1, 0.15) is 32.6 Å². The molecule has 0 bridgehead atoms. The first-order valence-electron chi connectivity index (χ1n) is 5.80. The summed E-state index contributed by atoms with van der Waals surface area (Å²) in [5.74, 6) is 0.645. The SMILES string of the molecule is C[C@H]1CCCN1C(=O)[C@@H]1CCCNC1. The second-order valence-corrected chi connectivity index (χ2v) is 4.57. The van der Waals surface area contributed by atoms with Crippen LogP contribution in [0.4, 0.5) is 0 Å². The predicted molar refractivity (Wildman–Crippen MR) is 56.0 cm³/mol. The van der Waals surface area contributed by atoms with Gasteiger partial charge in [0, 0.05) is 19.1 Å². The van der Waals surface area contributed by atoms with Crippen molar-refractivity contribution in [1.82, 2.24) is 10.2 Å². The maximum Gasteiger partial charge on any atom is 0.227 e. The molecule has 14 heavy (non-hydrogen) atoms. The van der Waals surface area contributed by atoms with Crippen LogP contribution in [-0.4, -0.2) is 36.5 Å². The van der Waals surface area contributed by atoms with Gasteiger partial charge >= 0.3 is 0 Å². The molecule has 0 spiro atoms. The molecule has 0 aromatic rings. The molecular formula is C11H20N2O. The van der Waals surface area contributed by atoms with E-state index in [1.54, 1.807) is 0 Å². The van der Waals surface area contributed by atoms with Gasteiger partial charge in [-0.05, 0) is 39.2 Å². The molecule has 3 heteroatoms. The van der Waals surface area contributed by atoms with E-state index in [-0.39, 0.29) is 5.92 Å². The Morgan fingerprint density at radius 1 is 1.36 bits per heavy atom. The molecule has 2 aliphatic heterocycles. The molecule has 0 aromatic heterocycles. The molecule has 80 valence electrons. The summed E-state index contributed by atoms with van der Waals surface area (Å²) in [6.45, 7) is 5.12. The van der Waals surface area contributed by atoms with E-state index in [0.717, 1.165) is 32.5 Å². The van der Waals surface area contributed by atoms with Gasteiger partial charge in [-0.15, -0.1) is 0 Å². The van der Waals surface area contributed by atoms with Gasteiger partial charge in [-0.3, -0.25) is 4.79 Å². The highest BCUT2D eigenvalue weighted by Gasteiger charge is 2.31. The summed E-state index contributed by atoms with van der Waals surface area (Å²) >= 11 is 0. The number of nitrogens with one attached hydrogen (secondary N) is 1. The Morgan fingerprint density at radius 2 is 2.21 bits per heavy atom. The summed E-state index contributed by atoms with van der Waals surface area (Å²) < 4.78 is 0. The van der Waals surface area contributed by atoms with Crippen molar-refractivity contribution < 1.29 is 4.79 Å². The van der Waals surface area contributed by atoms with Crippen molar-refractivity contribution in [2.45, 2.75) is 38.6 Å². The molecule has 2 atom stereocenters. The zero-order chi connectivity index (χ0) is 9.97. The van der Waals surface area contributed by atoms with E-state index in [9.17, 15) is 4.79 Å². The van der Waals surface area contributed by atoms with Crippen LogP contribution < -0.4 is 5.32 Å². The third-order valence-electron chi connectivity index (χ3n) is 3.48. The van der Waals surface area contributed by atoms with Crippen LogP contribution in [0.25, 0.3) is 0 Å². The Kier molecular flexibility index (Phi) is 3.06. The number of rotatable bonds is 1. The zero-order valence-electron chi connectivity index (χ0n) is 8.96. The standard InChI is InChI=1S/C11H20N2O/c1-9-4-3-7-13(9)11(14)10-5-2-6-12-8-10/h9-10,12H,2-8H2,1H3/t9-,10+/m0/s1. The number of carbonyl (C=O) groups is 1. The van der Waals surface area contributed by atoms with Crippen molar-refractivity contribution in [2.75, 3.05) is 19.6 Å². The molecule has 2 saturated heterocycles. The van der Waals surface area contributed by atoms with E-state index in [2.05, 4.69) is 17.1 Å². The van der Waals surface area contributed by atoms with Crippen LogP contribution in [0.3, 0.4) is 0 Å². The van der Waals surface area contributed by atoms with E-state index >= 15 is 0 Å². The lowest BCUT2D eigenvalue weighted by molar-refractivity contribution is -0.136. The van der Waals surface area contributed by atoms with Gasteiger partial charge in [0.2, 0.25) is 5.91 Å². The number of hydrogen-bond acceptors (Lipinski definition) is 2. The molecule has 0 radical (unpaired) electrons. The normalized spacial score (nSPS) is 33.4. The van der Waals surface area contributed by atoms with E-state index in [4.69, 9.17) is 0 Å². The fraction of sp³-hybridized carbons (Fsp3) is 0.909. The number of carbonyl (C=O) groups excluding carboxylic acids is 1. The Bertz CT molecular complexity index is 211. The Hall–Kier alpha value is -0.570. The van der Waals surface area contributed by atoms with Gasteiger partial charge < -0.3 is 10.2 Å². The van der Waals surface area contributed by atoms with Crippen LogP contribution in [0.2, 0.25) is 0 Å². The first kappa shape index (κ1) is 9.97. The highest BCUT2D eigenvalue weighted by Crippen LogP contribution is 2.21. The molecule has 0 aliphatic carbocycles. The van der Waals surface area contributed by atoms with Crippen LogP contribution in [0, 0.1) is 5.92 Å². The highest BCUT2D eigenvalue weighted by atomic mass is 16.2. The van der Waals surface area contributed by atoms with Crippen molar-refractivity contribution in [2.24, 2.45) is 5.92 Å². The summed E-state index contributed by atoms with van der Waals surface area (Å²) in [5, 5.41) is 3.31. The summed E-state index contributed by atoms with van der Waals surface area (Å²) in [7, 11) is 0. The molecule has 0 saturated carbocycles. The molecule has 1 N–H and O–H groups in total. The number of nitrogens with zero attached hydrogens (tertiary/aromatic N) is 1. The molecule has 1 amide bonds. The Morgan fingerprint density at radius 3 is 2.79 bits per heavy atom. The van der Waals surface area contributed by atoms with Gasteiger partial charge in [-0.1, -0.05) is 0 Å². The molecule has 2 heterocycles. The average molecular weight is 196 g/mol. The molecule has 2 rings (SSSR count). The van der Waals surface area contributed by atoms with Gasteiger partial charge in [0.25, 0.3) is 0 Å². The summed E-state index contributed by atoms with van der Waals surface area (Å²) in [4.78, 5) is 14.2. The largest absolute Gasteiger partial charge is 0.340 e. The monoisotopic (exact) mass is 196 g/mol. The van der Waals surface area contributed by atoms with Gasteiger partial charge in [0.15, 0.2) is 0 Å². The number of piperidine rings is 1. The summed E-state index contributed by atoms with van der Waals surface area (Å²) in [6.07, 6.45) is 4.60. The lowest BCUT2D eigenvalue weighted by Gasteiger charge is -2.29. The van der Waals surface area contributed by atoms with Crippen molar-refractivity contribution in [1.29, 1.82) is 0 Å². The quantitative estimate of drug-likeness (QED) is 0.678. The Balaban J connectivity index is 1.92. The third kappa shape index (κ3) is 1.92. The van der Waals surface area contributed by atoms with Gasteiger partial charge in [-0.25, -0.2) is 0 Å². The third-order valence-corrected chi connectivity index (χ3v) is 3.48. The molecule has 0 unspecified atom stereocenters. The smallest absolute Gasteiger partial charge is 0.227 e. The van der Waals surface area contributed by atoms with E-state index in [1.165, 1.54) is 12.8 Å². The van der Waals surface area contributed by atoms with Gasteiger partial charge in [-0.2, -0.15) is 0 Å². The maximum atomic E-state index is 12.1. The number of hydrogen-bond donors (Lipinski definition) is 1. The lowest BCUT2D eigenvalue weighted by Crippen LogP contribution is -2.44. The summed E-state index contributed by atoms with van der Waals surface area (Å²) in [5.41, 5.74) is 0. The predicted octanol–water partition coefficient (Wildman–Crippen LogP) is 0.997. The fourth-order valence-electron chi connectivity index (χ4n) is 2.56. The fourth-order valence-corrected chi connectivity index (χ4v) is 2.56. The second-order valence-electron chi connectivity index (χ2n) is 4.57. The number of amides is 1. The van der Waals surface area contributed by atoms with E-state index in [0.29, 0.717) is 11.9 Å². The van der Waals surface area contributed by atoms with Crippen molar-refractivity contribution in [3.8, 4) is 0 Å².